The predicted octanol–water partition coefficient (Wildman–Crippen LogP) is 4.67. The van der Waals surface area contributed by atoms with E-state index in [-0.39, 0.29) is 17.0 Å². The van der Waals surface area contributed by atoms with Crippen LogP contribution < -0.4 is 5.56 Å². The number of H-pyrrole nitrogens is 1. The molecule has 0 spiro atoms. The van der Waals surface area contributed by atoms with Crippen LogP contribution in [0, 0.1) is 11.3 Å². The highest BCUT2D eigenvalue weighted by Gasteiger charge is 2.32. The van der Waals surface area contributed by atoms with Gasteiger partial charge in [0.1, 0.15) is 5.82 Å². The molecule has 0 bridgehead atoms. The van der Waals surface area contributed by atoms with Crippen LogP contribution in [-0.2, 0) is 6.42 Å². The molecule has 0 aliphatic heterocycles. The molecule has 0 saturated heterocycles. The van der Waals surface area contributed by atoms with Crippen molar-refractivity contribution < 1.29 is 9.90 Å². The number of imidazole rings is 1. The normalized spacial score (nSPS) is 19.6. The molecular weight excluding hydrogens is 392 g/mol. The second-order valence-electron chi connectivity index (χ2n) is 9.63. The van der Waals surface area contributed by atoms with E-state index in [9.17, 15) is 9.59 Å². The minimum atomic E-state index is -0.987. The number of nitrogens with one attached hydrogen (secondary N) is 1. The first-order valence-corrected chi connectivity index (χ1v) is 11.0. The number of hydrogen-bond donors (Lipinski definition) is 2. The maximum Gasteiger partial charge on any atom is 0.335 e. The molecule has 1 aliphatic rings. The molecule has 1 saturated carbocycles. The van der Waals surface area contributed by atoms with E-state index in [0.29, 0.717) is 34.7 Å². The van der Waals surface area contributed by atoms with Gasteiger partial charge in [-0.25, -0.2) is 14.3 Å². The topological polar surface area (TPSA) is 100 Å². The number of rotatable bonds is 4. The second kappa shape index (κ2) is 7.94. The quantitative estimate of drug-likeness (QED) is 0.637. The Morgan fingerprint density at radius 1 is 1.16 bits per heavy atom. The summed E-state index contributed by atoms with van der Waals surface area (Å²) in [7, 11) is 0. The van der Waals surface area contributed by atoms with Crippen LogP contribution in [0.5, 0.6) is 0 Å². The zero-order valence-electron chi connectivity index (χ0n) is 18.6. The molecule has 0 radical (unpaired) electrons. The Balaban J connectivity index is 1.75. The highest BCUT2D eigenvalue weighted by Crippen LogP contribution is 2.43. The molecule has 4 rings (SSSR count). The lowest BCUT2D eigenvalue weighted by molar-refractivity contribution is 0.0697. The van der Waals surface area contributed by atoms with Gasteiger partial charge < -0.3 is 10.1 Å². The maximum absolute atomic E-state index is 13.0. The third-order valence-electron chi connectivity index (χ3n) is 6.66. The van der Waals surface area contributed by atoms with Gasteiger partial charge in [-0.3, -0.25) is 4.79 Å². The molecule has 31 heavy (non-hydrogen) atoms. The van der Waals surface area contributed by atoms with Gasteiger partial charge in [-0.15, -0.1) is 5.10 Å². The Kier molecular flexibility index (Phi) is 5.45. The van der Waals surface area contributed by atoms with Crippen molar-refractivity contribution in [2.45, 2.75) is 65.7 Å². The van der Waals surface area contributed by atoms with Crippen LogP contribution in [0.1, 0.15) is 81.2 Å². The van der Waals surface area contributed by atoms with E-state index in [1.54, 1.807) is 16.6 Å². The highest BCUT2D eigenvalue weighted by molar-refractivity contribution is 5.88. The zero-order valence-corrected chi connectivity index (χ0v) is 18.6. The van der Waals surface area contributed by atoms with E-state index in [4.69, 9.17) is 15.2 Å². The molecule has 0 unspecified atom stereocenters. The number of aromatic carboxylic acids is 1. The van der Waals surface area contributed by atoms with Gasteiger partial charge in [0.05, 0.1) is 11.3 Å². The van der Waals surface area contributed by atoms with Crippen LogP contribution >= 0.6 is 0 Å². The van der Waals surface area contributed by atoms with Crippen molar-refractivity contribution in [3.63, 3.8) is 0 Å². The third kappa shape index (κ3) is 4.01. The van der Waals surface area contributed by atoms with Gasteiger partial charge in [-0.1, -0.05) is 39.8 Å². The molecule has 2 aromatic heterocycles. The number of aromatic nitrogens is 4. The average Bonchev–Trinajstić information content (AvgIpc) is 3.12. The van der Waals surface area contributed by atoms with Crippen LogP contribution in [0.4, 0.5) is 0 Å². The number of hydrogen-bond acceptors (Lipinski definition) is 4. The number of carbonyl (C=O) groups is 1. The average molecular weight is 423 g/mol. The van der Waals surface area contributed by atoms with Crippen LogP contribution in [0.2, 0.25) is 0 Å². The summed E-state index contributed by atoms with van der Waals surface area (Å²) >= 11 is 0. The SMILES string of the molecule is CCc1nc([C@H]2CC[C@@H](C(C)(C)C)CC2)n2nc(-c3ccc(C(=O)O)cc3)[nH]c(=O)c12. The summed E-state index contributed by atoms with van der Waals surface area (Å²) < 4.78 is 1.74. The van der Waals surface area contributed by atoms with Gasteiger partial charge in [-0.05, 0) is 55.6 Å². The summed E-state index contributed by atoms with van der Waals surface area (Å²) in [5.74, 6) is 1.27. The molecule has 7 heteroatoms. The molecule has 2 heterocycles. The van der Waals surface area contributed by atoms with Crippen molar-refractivity contribution in [1.29, 1.82) is 0 Å². The van der Waals surface area contributed by atoms with Gasteiger partial charge in [0.25, 0.3) is 5.56 Å². The monoisotopic (exact) mass is 422 g/mol. The van der Waals surface area contributed by atoms with Crippen LogP contribution in [0.15, 0.2) is 29.1 Å². The Morgan fingerprint density at radius 3 is 2.35 bits per heavy atom. The van der Waals surface area contributed by atoms with Crippen molar-refractivity contribution in [2.24, 2.45) is 11.3 Å². The fourth-order valence-electron chi connectivity index (χ4n) is 4.72. The van der Waals surface area contributed by atoms with E-state index >= 15 is 0 Å². The molecule has 164 valence electrons. The summed E-state index contributed by atoms with van der Waals surface area (Å²) in [4.78, 5) is 31.8. The molecule has 0 atom stereocenters. The predicted molar refractivity (Wildman–Crippen MR) is 120 cm³/mol. The lowest BCUT2D eigenvalue weighted by atomic mass is 9.70. The number of aryl methyl sites for hydroxylation is 1. The minimum absolute atomic E-state index is 0.194. The first-order valence-electron chi connectivity index (χ1n) is 11.0. The van der Waals surface area contributed by atoms with Crippen molar-refractivity contribution in [2.75, 3.05) is 0 Å². The molecule has 1 aliphatic carbocycles. The maximum atomic E-state index is 13.0. The molecule has 0 amide bonds. The number of carboxylic acid groups (broad SMARTS) is 1. The van der Waals surface area contributed by atoms with Gasteiger partial charge in [0.15, 0.2) is 11.3 Å². The molecular formula is C24H30N4O3. The minimum Gasteiger partial charge on any atom is -0.478 e. The van der Waals surface area contributed by atoms with Gasteiger partial charge in [0.2, 0.25) is 0 Å². The van der Waals surface area contributed by atoms with Gasteiger partial charge >= 0.3 is 5.97 Å². The Morgan fingerprint density at radius 2 is 1.81 bits per heavy atom. The van der Waals surface area contributed by atoms with E-state index in [0.717, 1.165) is 37.2 Å². The summed E-state index contributed by atoms with van der Waals surface area (Å²) in [6, 6.07) is 6.36. The van der Waals surface area contributed by atoms with Crippen molar-refractivity contribution in [1.82, 2.24) is 19.6 Å². The second-order valence-corrected chi connectivity index (χ2v) is 9.63. The Labute approximate surface area is 181 Å². The summed E-state index contributed by atoms with van der Waals surface area (Å²) in [6.07, 6.45) is 5.05. The number of benzene rings is 1. The lowest BCUT2D eigenvalue weighted by Gasteiger charge is -2.36. The third-order valence-corrected chi connectivity index (χ3v) is 6.66. The fourth-order valence-corrected chi connectivity index (χ4v) is 4.72. The largest absolute Gasteiger partial charge is 0.478 e. The van der Waals surface area contributed by atoms with Gasteiger partial charge in [-0.2, -0.15) is 0 Å². The molecule has 1 aromatic carbocycles. The lowest BCUT2D eigenvalue weighted by Crippen LogP contribution is -2.26. The van der Waals surface area contributed by atoms with Crippen LogP contribution in [-0.4, -0.2) is 30.7 Å². The zero-order chi connectivity index (χ0) is 22.3. The van der Waals surface area contributed by atoms with Crippen LogP contribution in [0.3, 0.4) is 0 Å². The van der Waals surface area contributed by atoms with Gasteiger partial charge in [0, 0.05) is 11.5 Å². The van der Waals surface area contributed by atoms with E-state index in [2.05, 4.69) is 25.8 Å². The summed E-state index contributed by atoms with van der Waals surface area (Å²) in [5, 5.41) is 13.9. The smallest absolute Gasteiger partial charge is 0.335 e. The fraction of sp³-hybridized carbons (Fsp3) is 0.500. The molecule has 1 fully saturated rings. The summed E-state index contributed by atoms with van der Waals surface area (Å²) in [6.45, 7) is 8.92. The van der Waals surface area contributed by atoms with E-state index < -0.39 is 5.97 Å². The summed E-state index contributed by atoms with van der Waals surface area (Å²) in [5.41, 5.74) is 2.23. The number of nitrogens with zero attached hydrogens (tertiary/aromatic N) is 3. The molecule has 7 nitrogen and oxygen atoms in total. The highest BCUT2D eigenvalue weighted by atomic mass is 16.4. The Bertz CT molecular complexity index is 1160. The number of fused-ring (bicyclic) bond motifs is 1. The van der Waals surface area contributed by atoms with E-state index in [1.807, 2.05) is 6.92 Å². The van der Waals surface area contributed by atoms with Crippen molar-refractivity contribution in [3.05, 3.63) is 51.7 Å². The van der Waals surface area contributed by atoms with Crippen molar-refractivity contribution in [3.8, 4) is 11.4 Å². The first kappa shape index (κ1) is 21.3. The Hall–Kier alpha value is -2.96. The van der Waals surface area contributed by atoms with Crippen LogP contribution in [0.25, 0.3) is 16.9 Å². The first-order chi connectivity index (χ1) is 14.7. The van der Waals surface area contributed by atoms with Crippen molar-refractivity contribution >= 4 is 11.5 Å². The number of aromatic amines is 1. The standard InChI is InChI=1S/C24H30N4O3/c1-5-18-19-22(29)26-20(14-6-8-16(9-7-14)23(30)31)27-28(19)21(25-18)15-10-12-17(13-11-15)24(2,3)4/h6-9,15,17H,5,10-13H2,1-4H3,(H,30,31)(H,26,27,29)/t15-,17+. The molecule has 2 N–H and O–H groups in total. The molecule has 3 aromatic rings. The van der Waals surface area contributed by atoms with E-state index in [1.165, 1.54) is 12.1 Å². The number of carboxylic acids is 1.